The first-order chi connectivity index (χ1) is 7.43. The molecule has 0 bridgehead atoms. The molecule has 0 saturated heterocycles. The molecule has 88 valence electrons. The van der Waals surface area contributed by atoms with E-state index in [1.807, 2.05) is 0 Å². The lowest BCUT2D eigenvalue weighted by Gasteiger charge is -2.48. The van der Waals surface area contributed by atoms with Gasteiger partial charge >= 0.3 is 0 Å². The second-order valence-electron chi connectivity index (χ2n) is 4.68. The minimum absolute atomic E-state index is 0.0376. The summed E-state index contributed by atoms with van der Waals surface area (Å²) in [4.78, 5) is 0. The number of alkyl halides is 1. The number of para-hydroxylation sites is 1. The fraction of sp³-hybridized carbons (Fsp3) is 0.500. The van der Waals surface area contributed by atoms with Crippen LogP contribution >= 0.6 is 34.8 Å². The first kappa shape index (κ1) is 12.3. The van der Waals surface area contributed by atoms with Crippen molar-refractivity contribution in [3.63, 3.8) is 0 Å². The summed E-state index contributed by atoms with van der Waals surface area (Å²) in [5, 5.41) is 1.24. The van der Waals surface area contributed by atoms with Gasteiger partial charge in [-0.15, -0.1) is 11.6 Å². The maximum Gasteiger partial charge on any atom is 0.156 e. The highest BCUT2D eigenvalue weighted by atomic mass is 35.5. The van der Waals surface area contributed by atoms with Crippen molar-refractivity contribution < 1.29 is 4.74 Å². The normalized spacial score (nSPS) is 27.3. The van der Waals surface area contributed by atoms with Gasteiger partial charge in [-0.25, -0.2) is 0 Å². The Morgan fingerprint density at radius 3 is 2.25 bits per heavy atom. The van der Waals surface area contributed by atoms with Crippen molar-refractivity contribution in [3.05, 3.63) is 28.2 Å². The molecule has 0 aromatic heterocycles. The van der Waals surface area contributed by atoms with E-state index in [1.54, 1.807) is 18.2 Å². The second kappa shape index (κ2) is 4.29. The Kier molecular flexibility index (Phi) is 3.31. The lowest BCUT2D eigenvalue weighted by Crippen LogP contribution is -2.53. The number of hydrogen-bond donors (Lipinski definition) is 0. The highest BCUT2D eigenvalue weighted by Crippen LogP contribution is 2.48. The molecular formula is C12H13Cl3O. The third-order valence-electron chi connectivity index (χ3n) is 3.24. The van der Waals surface area contributed by atoms with E-state index in [2.05, 4.69) is 13.8 Å². The second-order valence-corrected chi connectivity index (χ2v) is 6.02. The van der Waals surface area contributed by atoms with Gasteiger partial charge in [0.25, 0.3) is 0 Å². The molecule has 0 spiro atoms. The molecule has 0 heterocycles. The molecule has 2 rings (SSSR count). The molecule has 16 heavy (non-hydrogen) atoms. The van der Waals surface area contributed by atoms with Gasteiger partial charge in [0.15, 0.2) is 5.75 Å². The summed E-state index contributed by atoms with van der Waals surface area (Å²) in [5.74, 6) is 0.562. The van der Waals surface area contributed by atoms with E-state index in [-0.39, 0.29) is 16.9 Å². The zero-order chi connectivity index (χ0) is 11.9. The summed E-state index contributed by atoms with van der Waals surface area (Å²) in [5.41, 5.74) is -0.0376. The van der Waals surface area contributed by atoms with E-state index in [4.69, 9.17) is 39.5 Å². The minimum Gasteiger partial charge on any atom is -0.487 e. The van der Waals surface area contributed by atoms with Crippen LogP contribution in [-0.2, 0) is 0 Å². The average molecular weight is 280 g/mol. The Hall–Kier alpha value is -0.110. The van der Waals surface area contributed by atoms with Crippen LogP contribution in [0.1, 0.15) is 20.3 Å². The van der Waals surface area contributed by atoms with Gasteiger partial charge in [0, 0.05) is 17.2 Å². The number of halogens is 3. The lowest BCUT2D eigenvalue weighted by atomic mass is 9.68. The third-order valence-corrected chi connectivity index (χ3v) is 4.57. The van der Waals surface area contributed by atoms with Gasteiger partial charge in [-0.2, -0.15) is 0 Å². The van der Waals surface area contributed by atoms with Gasteiger partial charge in [-0.3, -0.25) is 0 Å². The van der Waals surface area contributed by atoms with Crippen molar-refractivity contribution in [2.24, 2.45) is 5.41 Å². The van der Waals surface area contributed by atoms with E-state index in [0.29, 0.717) is 15.8 Å². The van der Waals surface area contributed by atoms with Crippen molar-refractivity contribution in [1.29, 1.82) is 0 Å². The highest BCUT2D eigenvalue weighted by molar-refractivity contribution is 6.37. The molecule has 1 fully saturated rings. The third kappa shape index (κ3) is 2.01. The van der Waals surface area contributed by atoms with E-state index in [1.165, 1.54) is 0 Å². The SMILES string of the molecule is CC1(C)C(Cl)CC1Oc1c(Cl)cccc1Cl. The Labute approximate surface area is 111 Å². The van der Waals surface area contributed by atoms with E-state index >= 15 is 0 Å². The summed E-state index contributed by atoms with van der Waals surface area (Å²) < 4.78 is 5.85. The smallest absolute Gasteiger partial charge is 0.156 e. The summed E-state index contributed by atoms with van der Waals surface area (Å²) >= 11 is 18.2. The van der Waals surface area contributed by atoms with E-state index in [0.717, 1.165) is 6.42 Å². The van der Waals surface area contributed by atoms with E-state index < -0.39 is 0 Å². The zero-order valence-corrected chi connectivity index (χ0v) is 11.4. The predicted octanol–water partition coefficient (Wildman–Crippen LogP) is 4.78. The van der Waals surface area contributed by atoms with Crippen molar-refractivity contribution in [3.8, 4) is 5.75 Å². The first-order valence-corrected chi connectivity index (χ1v) is 6.37. The molecule has 0 amide bonds. The molecule has 2 atom stereocenters. The van der Waals surface area contributed by atoms with Gasteiger partial charge in [-0.1, -0.05) is 43.1 Å². The number of hydrogen-bond acceptors (Lipinski definition) is 1. The largest absolute Gasteiger partial charge is 0.487 e. The van der Waals surface area contributed by atoms with Crippen molar-refractivity contribution >= 4 is 34.8 Å². The van der Waals surface area contributed by atoms with Crippen LogP contribution in [0.25, 0.3) is 0 Å². The van der Waals surface area contributed by atoms with E-state index in [9.17, 15) is 0 Å². The molecule has 1 aromatic rings. The zero-order valence-electron chi connectivity index (χ0n) is 9.14. The van der Waals surface area contributed by atoms with Gasteiger partial charge < -0.3 is 4.74 Å². The van der Waals surface area contributed by atoms with Crippen LogP contribution in [0.4, 0.5) is 0 Å². The molecule has 0 radical (unpaired) electrons. The Bertz CT molecular complexity index is 383. The van der Waals surface area contributed by atoms with Gasteiger partial charge in [-0.05, 0) is 12.1 Å². The van der Waals surface area contributed by atoms with Crippen LogP contribution in [0.5, 0.6) is 5.75 Å². The standard InChI is InChI=1S/C12H13Cl3O/c1-12(2)9(15)6-10(12)16-11-7(13)4-3-5-8(11)14/h3-5,9-10H,6H2,1-2H3. The van der Waals surface area contributed by atoms with Crippen LogP contribution in [0.3, 0.4) is 0 Å². The Morgan fingerprint density at radius 2 is 1.81 bits per heavy atom. The predicted molar refractivity (Wildman–Crippen MR) is 68.9 cm³/mol. The first-order valence-electron chi connectivity index (χ1n) is 5.17. The van der Waals surface area contributed by atoms with Gasteiger partial charge in [0.1, 0.15) is 6.10 Å². The Balaban J connectivity index is 2.17. The number of rotatable bonds is 2. The molecule has 1 nitrogen and oxygen atoms in total. The van der Waals surface area contributed by atoms with Crippen LogP contribution in [0, 0.1) is 5.41 Å². The summed E-state index contributed by atoms with van der Waals surface area (Å²) in [7, 11) is 0. The van der Waals surface area contributed by atoms with Crippen LogP contribution in [0.2, 0.25) is 10.0 Å². The highest BCUT2D eigenvalue weighted by Gasteiger charge is 2.49. The maximum absolute atomic E-state index is 6.14. The molecule has 1 aromatic carbocycles. The molecule has 1 saturated carbocycles. The van der Waals surface area contributed by atoms with Crippen molar-refractivity contribution in [1.82, 2.24) is 0 Å². The van der Waals surface area contributed by atoms with Crippen molar-refractivity contribution in [2.45, 2.75) is 31.7 Å². The summed E-state index contributed by atoms with van der Waals surface area (Å²) in [6.45, 7) is 4.17. The summed E-state index contributed by atoms with van der Waals surface area (Å²) in [6, 6.07) is 5.34. The van der Waals surface area contributed by atoms with Crippen LogP contribution in [0.15, 0.2) is 18.2 Å². The van der Waals surface area contributed by atoms with Gasteiger partial charge in [0.2, 0.25) is 0 Å². The summed E-state index contributed by atoms with van der Waals surface area (Å²) in [6.07, 6.45) is 0.906. The Morgan fingerprint density at radius 1 is 1.25 bits per heavy atom. The quantitative estimate of drug-likeness (QED) is 0.708. The fourth-order valence-corrected chi connectivity index (χ4v) is 2.56. The van der Waals surface area contributed by atoms with Crippen LogP contribution in [-0.4, -0.2) is 11.5 Å². The molecule has 0 N–H and O–H groups in total. The number of ether oxygens (including phenoxy) is 1. The molecule has 2 unspecified atom stereocenters. The molecule has 1 aliphatic rings. The number of benzene rings is 1. The maximum atomic E-state index is 6.14. The van der Waals surface area contributed by atoms with Crippen LogP contribution < -0.4 is 4.74 Å². The topological polar surface area (TPSA) is 9.23 Å². The monoisotopic (exact) mass is 278 g/mol. The van der Waals surface area contributed by atoms with Gasteiger partial charge in [0.05, 0.1) is 10.0 Å². The molecular weight excluding hydrogens is 266 g/mol. The fourth-order valence-electron chi connectivity index (χ4n) is 1.77. The lowest BCUT2D eigenvalue weighted by molar-refractivity contribution is -0.0128. The van der Waals surface area contributed by atoms with Crippen molar-refractivity contribution in [2.75, 3.05) is 0 Å². The average Bonchev–Trinajstić information content (AvgIpc) is 2.22. The molecule has 1 aliphatic carbocycles. The minimum atomic E-state index is -0.0376. The molecule has 4 heteroatoms. The molecule has 0 aliphatic heterocycles.